The fourth-order valence-electron chi connectivity index (χ4n) is 5.87. The molecule has 7 heteroatoms. The van der Waals surface area contributed by atoms with Crippen molar-refractivity contribution in [1.82, 2.24) is 20.2 Å². The second-order valence-electron chi connectivity index (χ2n) is 9.99. The van der Waals surface area contributed by atoms with Crippen LogP contribution in [0.1, 0.15) is 51.0 Å². The first-order valence-electron chi connectivity index (χ1n) is 12.6. The molecular formula is C28H33N5O2. The molecule has 2 saturated heterocycles. The van der Waals surface area contributed by atoms with E-state index in [1.54, 1.807) is 6.33 Å². The summed E-state index contributed by atoms with van der Waals surface area (Å²) in [5.41, 5.74) is 1.75. The van der Waals surface area contributed by atoms with E-state index in [1.807, 2.05) is 42.5 Å². The number of aromatic nitrogens is 2. The minimum Gasteiger partial charge on any atom is -0.369 e. The van der Waals surface area contributed by atoms with E-state index in [-0.39, 0.29) is 29.4 Å². The van der Waals surface area contributed by atoms with Gasteiger partial charge in [0.15, 0.2) is 0 Å². The molecule has 0 unspecified atom stereocenters. The molecule has 0 aliphatic carbocycles. The third-order valence-electron chi connectivity index (χ3n) is 7.44. The van der Waals surface area contributed by atoms with Crippen molar-refractivity contribution in [2.75, 3.05) is 11.9 Å². The number of para-hydroxylation sites is 1. The van der Waals surface area contributed by atoms with Crippen molar-refractivity contribution in [3.8, 4) is 0 Å². The van der Waals surface area contributed by atoms with Gasteiger partial charge in [0.05, 0.1) is 17.1 Å². The van der Waals surface area contributed by atoms with Crippen molar-refractivity contribution in [2.24, 2.45) is 0 Å². The molecule has 2 amide bonds. The minimum absolute atomic E-state index is 0.0360. The van der Waals surface area contributed by atoms with Crippen LogP contribution in [-0.2, 0) is 16.0 Å². The van der Waals surface area contributed by atoms with Gasteiger partial charge in [-0.05, 0) is 56.7 Å². The third kappa shape index (κ3) is 4.99. The average molecular weight is 472 g/mol. The van der Waals surface area contributed by atoms with Gasteiger partial charge < -0.3 is 15.5 Å². The molecule has 2 N–H and O–H groups in total. The summed E-state index contributed by atoms with van der Waals surface area (Å²) < 4.78 is 0. The van der Waals surface area contributed by atoms with Crippen LogP contribution in [0.15, 0.2) is 60.9 Å². The molecule has 1 aromatic heterocycles. The molecule has 0 bridgehead atoms. The van der Waals surface area contributed by atoms with E-state index in [9.17, 15) is 9.59 Å². The van der Waals surface area contributed by atoms with Crippen LogP contribution in [0.5, 0.6) is 0 Å². The number of amides is 2. The topological polar surface area (TPSA) is 87.2 Å². The van der Waals surface area contributed by atoms with E-state index in [1.165, 1.54) is 5.56 Å². The van der Waals surface area contributed by atoms with E-state index in [0.717, 1.165) is 42.4 Å². The number of hydrogen-bond donors (Lipinski definition) is 2. The number of likely N-dealkylation sites (tertiary alicyclic amines) is 1. The van der Waals surface area contributed by atoms with Crippen molar-refractivity contribution < 1.29 is 9.59 Å². The molecule has 2 fully saturated rings. The molecule has 35 heavy (non-hydrogen) atoms. The zero-order chi connectivity index (χ0) is 24.3. The number of hydrogen-bond acceptors (Lipinski definition) is 5. The summed E-state index contributed by atoms with van der Waals surface area (Å²) in [6.07, 6.45) is 6.54. The highest BCUT2D eigenvalue weighted by atomic mass is 16.2. The quantitative estimate of drug-likeness (QED) is 0.507. The van der Waals surface area contributed by atoms with Gasteiger partial charge >= 0.3 is 0 Å². The Balaban J connectivity index is 1.27. The lowest BCUT2D eigenvalue weighted by atomic mass is 9.88. The predicted molar refractivity (Wildman–Crippen MR) is 137 cm³/mol. The van der Waals surface area contributed by atoms with Gasteiger partial charge in [0, 0.05) is 30.8 Å². The summed E-state index contributed by atoms with van der Waals surface area (Å²) >= 11 is 0. The Morgan fingerprint density at radius 1 is 1.14 bits per heavy atom. The predicted octanol–water partition coefficient (Wildman–Crippen LogP) is 4.09. The highest BCUT2D eigenvalue weighted by Gasteiger charge is 2.52. The van der Waals surface area contributed by atoms with Crippen LogP contribution in [-0.4, -0.2) is 50.8 Å². The van der Waals surface area contributed by atoms with E-state index in [2.05, 4.69) is 44.6 Å². The molecule has 0 radical (unpaired) electrons. The number of benzene rings is 2. The normalized spacial score (nSPS) is 24.0. The fourth-order valence-corrected chi connectivity index (χ4v) is 5.87. The Bertz CT molecular complexity index is 1190. The highest BCUT2D eigenvalue weighted by molar-refractivity contribution is 5.88. The SMILES string of the molecule is C[C@]12C[C@@H](Cc3ccccc3)N(C(=O)CCCNc3ncnc4ccccc34)[C@H]1CCCC(=O)N2. The Hall–Kier alpha value is -3.48. The third-order valence-corrected chi connectivity index (χ3v) is 7.44. The Morgan fingerprint density at radius 3 is 2.80 bits per heavy atom. The van der Waals surface area contributed by atoms with Crippen LogP contribution in [0.2, 0.25) is 0 Å². The first-order valence-corrected chi connectivity index (χ1v) is 12.6. The van der Waals surface area contributed by atoms with Gasteiger partial charge in [0.1, 0.15) is 12.1 Å². The van der Waals surface area contributed by atoms with Crippen molar-refractivity contribution in [1.29, 1.82) is 0 Å². The lowest BCUT2D eigenvalue weighted by Gasteiger charge is -2.35. The minimum atomic E-state index is -0.374. The zero-order valence-electron chi connectivity index (χ0n) is 20.2. The number of nitrogens with zero attached hydrogens (tertiary/aromatic N) is 3. The highest BCUT2D eigenvalue weighted by Crippen LogP contribution is 2.39. The lowest BCUT2D eigenvalue weighted by molar-refractivity contribution is -0.135. The summed E-state index contributed by atoms with van der Waals surface area (Å²) in [6, 6.07) is 18.4. The molecule has 7 nitrogen and oxygen atoms in total. The first kappa shape index (κ1) is 23.3. The standard InChI is InChI=1S/C28H33N5O2/c1-28-18-21(17-20-9-3-2-4-10-20)33(24(28)13-7-14-25(34)32-28)26(35)15-8-16-29-27-22-11-5-6-12-23(22)30-19-31-27/h2-6,9-12,19,21,24H,7-8,13-18H2,1H3,(H,32,34)(H,29,30,31)/t21-,24+,28+/m1/s1. The zero-order valence-corrected chi connectivity index (χ0v) is 20.2. The van der Waals surface area contributed by atoms with Gasteiger partial charge in [-0.2, -0.15) is 0 Å². The number of anilines is 1. The molecule has 2 aliphatic rings. The second kappa shape index (κ2) is 10.0. The number of fused-ring (bicyclic) bond motifs is 2. The number of carbonyl (C=O) groups excluding carboxylic acids is 2. The summed E-state index contributed by atoms with van der Waals surface area (Å²) in [5.74, 6) is 1.07. The second-order valence-corrected chi connectivity index (χ2v) is 9.99. The largest absolute Gasteiger partial charge is 0.369 e. The van der Waals surface area contributed by atoms with Crippen LogP contribution in [0.4, 0.5) is 5.82 Å². The summed E-state index contributed by atoms with van der Waals surface area (Å²) in [6.45, 7) is 2.77. The van der Waals surface area contributed by atoms with Gasteiger partial charge in [0.25, 0.3) is 0 Å². The van der Waals surface area contributed by atoms with E-state index >= 15 is 0 Å². The summed E-state index contributed by atoms with van der Waals surface area (Å²) in [5, 5.41) is 7.63. The molecule has 3 aromatic rings. The monoisotopic (exact) mass is 471 g/mol. The van der Waals surface area contributed by atoms with Crippen molar-refractivity contribution in [3.63, 3.8) is 0 Å². The molecule has 0 saturated carbocycles. The maximum atomic E-state index is 13.6. The summed E-state index contributed by atoms with van der Waals surface area (Å²) in [4.78, 5) is 36.8. The molecular weight excluding hydrogens is 438 g/mol. The van der Waals surface area contributed by atoms with Crippen LogP contribution in [0.25, 0.3) is 10.9 Å². The Kier molecular flexibility index (Phi) is 6.66. The molecule has 3 atom stereocenters. The summed E-state index contributed by atoms with van der Waals surface area (Å²) in [7, 11) is 0. The maximum Gasteiger partial charge on any atom is 0.223 e. The lowest BCUT2D eigenvalue weighted by Crippen LogP contribution is -2.54. The molecule has 2 aromatic carbocycles. The molecule has 2 aliphatic heterocycles. The number of carbonyl (C=O) groups is 2. The Morgan fingerprint density at radius 2 is 1.94 bits per heavy atom. The van der Waals surface area contributed by atoms with Gasteiger partial charge in [-0.3, -0.25) is 9.59 Å². The fraction of sp³-hybridized carbons (Fsp3) is 0.429. The van der Waals surface area contributed by atoms with Gasteiger partial charge in [-0.15, -0.1) is 0 Å². The van der Waals surface area contributed by atoms with Crippen LogP contribution >= 0.6 is 0 Å². The van der Waals surface area contributed by atoms with Gasteiger partial charge in [-0.25, -0.2) is 9.97 Å². The van der Waals surface area contributed by atoms with E-state index in [4.69, 9.17) is 0 Å². The van der Waals surface area contributed by atoms with E-state index < -0.39 is 0 Å². The molecule has 182 valence electrons. The van der Waals surface area contributed by atoms with Crippen LogP contribution < -0.4 is 10.6 Å². The Labute approximate surface area is 206 Å². The van der Waals surface area contributed by atoms with E-state index in [0.29, 0.717) is 25.8 Å². The molecule has 0 spiro atoms. The molecule has 5 rings (SSSR count). The maximum absolute atomic E-state index is 13.6. The van der Waals surface area contributed by atoms with Crippen LogP contribution in [0, 0.1) is 0 Å². The van der Waals surface area contributed by atoms with Crippen molar-refractivity contribution >= 4 is 28.5 Å². The molecule has 3 heterocycles. The number of nitrogens with one attached hydrogen (secondary N) is 2. The van der Waals surface area contributed by atoms with Crippen LogP contribution in [0.3, 0.4) is 0 Å². The van der Waals surface area contributed by atoms with Crippen molar-refractivity contribution in [2.45, 2.75) is 69.5 Å². The number of rotatable bonds is 7. The average Bonchev–Trinajstić information content (AvgIpc) is 3.03. The first-order chi connectivity index (χ1) is 17.0. The van der Waals surface area contributed by atoms with Gasteiger partial charge in [0.2, 0.25) is 11.8 Å². The van der Waals surface area contributed by atoms with Crippen molar-refractivity contribution in [3.05, 3.63) is 66.5 Å². The van der Waals surface area contributed by atoms with Gasteiger partial charge in [-0.1, -0.05) is 42.5 Å². The smallest absolute Gasteiger partial charge is 0.223 e.